The number of aliphatic hydroxyl groups is 1. The minimum absolute atomic E-state index is 0.0123. The highest BCUT2D eigenvalue weighted by molar-refractivity contribution is 8.00. The number of unbranched alkanes of at least 4 members (excludes halogenated alkanes) is 1. The second-order valence-electron chi connectivity index (χ2n) is 22.9. The summed E-state index contributed by atoms with van der Waals surface area (Å²) in [6, 6.07) is 3.24. The number of carbonyl (C=O) groups excluding carboxylic acids is 10. The number of halogens is 1. The maximum Gasteiger partial charge on any atom is 0.315 e. The van der Waals surface area contributed by atoms with Crippen molar-refractivity contribution in [3.63, 3.8) is 0 Å². The third kappa shape index (κ3) is 20.4. The molecule has 0 saturated carbocycles. The summed E-state index contributed by atoms with van der Waals surface area (Å²) in [5, 5.41) is 44.7. The van der Waals surface area contributed by atoms with Crippen LogP contribution in [-0.4, -0.2) is 214 Å². The van der Waals surface area contributed by atoms with E-state index < -0.39 is 109 Å². The Morgan fingerprint density at radius 1 is 0.758 bits per heavy atom. The number of benzene rings is 2. The fraction of sp³-hybridized carbons (Fsp3) is 0.567. The van der Waals surface area contributed by atoms with E-state index in [2.05, 4.69) is 63.1 Å². The van der Waals surface area contributed by atoms with Gasteiger partial charge in [0.05, 0.1) is 57.4 Å². The van der Waals surface area contributed by atoms with Crippen LogP contribution in [0.25, 0.3) is 10.9 Å². The van der Waals surface area contributed by atoms with Crippen LogP contribution in [-0.2, 0) is 83.2 Å². The smallest absolute Gasteiger partial charge is 0.315 e. The van der Waals surface area contributed by atoms with Gasteiger partial charge in [0.15, 0.2) is 0 Å². The third-order valence-corrected chi connectivity index (χ3v) is 17.7. The summed E-state index contributed by atoms with van der Waals surface area (Å²) >= 11 is 1.85. The summed E-state index contributed by atoms with van der Waals surface area (Å²) in [5.74, 6) is -6.17. The largest absolute Gasteiger partial charge is 0.394 e. The lowest BCUT2D eigenvalue weighted by molar-refractivity contribution is -0.143. The van der Waals surface area contributed by atoms with E-state index in [-0.39, 0.29) is 108 Å². The van der Waals surface area contributed by atoms with Crippen LogP contribution in [0.5, 0.6) is 0 Å². The monoisotopic (exact) mass is 1290 g/mol. The summed E-state index contributed by atoms with van der Waals surface area (Å²) in [4.78, 5) is 140. The molecule has 3 saturated heterocycles. The molecule has 3 fully saturated rings. The van der Waals surface area contributed by atoms with Gasteiger partial charge in [0.25, 0.3) is 0 Å². The number of aromatic nitrogens is 4. The minimum Gasteiger partial charge on any atom is -0.394 e. The Morgan fingerprint density at radius 3 is 2.26 bits per heavy atom. The number of H-pyrrole nitrogens is 1. The lowest BCUT2D eigenvalue weighted by atomic mass is 10.0. The Kier molecular flexibility index (Phi) is 25.8. The van der Waals surface area contributed by atoms with E-state index in [1.54, 1.807) is 12.3 Å². The number of amides is 11. The SMILES string of the molecule is C[C@H]1NC(=O)[C@@H](Cc2c[nH]c3ccccc23)NC(=O)[C@H]2CCCN2C(=O)[C@@H](CO)NC(=O)[C@@H](NC(=O)COCCOCCOCCNC(=O)CCCCC2SC[C@@H]3NC(=O)N[C@H]23)Cc2cn(nn2)CCCC[C@@H](C(N)=O)NC(=O)[C@H](Cc2ccc(F)cc2)NC1=O. The van der Waals surface area contributed by atoms with Crippen LogP contribution in [0.4, 0.5) is 9.18 Å². The fourth-order valence-corrected chi connectivity index (χ4v) is 12.8. The van der Waals surface area contributed by atoms with Gasteiger partial charge in [-0.1, -0.05) is 42.0 Å². The van der Waals surface area contributed by atoms with Gasteiger partial charge < -0.3 is 82.8 Å². The highest BCUT2D eigenvalue weighted by Gasteiger charge is 2.43. The quantitative estimate of drug-likeness (QED) is 0.0294. The van der Waals surface area contributed by atoms with Crippen LogP contribution >= 0.6 is 11.8 Å². The zero-order chi connectivity index (χ0) is 64.8. The molecular formula is C60H82FN15O14S. The number of carbonyl (C=O) groups is 10. The third-order valence-electron chi connectivity index (χ3n) is 16.2. The number of nitrogens with one attached hydrogen (secondary N) is 10. The number of urea groups is 1. The molecule has 494 valence electrons. The number of hydrogen-bond donors (Lipinski definition) is 12. The Morgan fingerprint density at radius 2 is 1.48 bits per heavy atom. The molecule has 0 spiro atoms. The van der Waals surface area contributed by atoms with E-state index in [0.717, 1.165) is 35.9 Å². The maximum absolute atomic E-state index is 14.4. The van der Waals surface area contributed by atoms with Crippen LogP contribution in [0.3, 0.4) is 0 Å². The van der Waals surface area contributed by atoms with Gasteiger partial charge in [0.1, 0.15) is 54.7 Å². The molecular weight excluding hydrogens is 1210 g/mol. The van der Waals surface area contributed by atoms with Crippen molar-refractivity contribution in [2.45, 2.75) is 150 Å². The second-order valence-corrected chi connectivity index (χ2v) is 24.2. The van der Waals surface area contributed by atoms with Crippen molar-refractivity contribution < 1.29 is 71.7 Å². The van der Waals surface area contributed by atoms with Gasteiger partial charge in [-0.3, -0.25) is 47.8 Å². The molecule has 6 heterocycles. The minimum atomic E-state index is -1.61. The fourth-order valence-electron chi connectivity index (χ4n) is 11.3. The molecule has 10 atom stereocenters. The number of primary amides is 1. The number of hydrogen-bond acceptors (Lipinski definition) is 17. The van der Waals surface area contributed by atoms with Gasteiger partial charge in [-0.15, -0.1) is 5.10 Å². The molecule has 1 unspecified atom stereocenters. The van der Waals surface area contributed by atoms with Gasteiger partial charge in [0, 0.05) is 79.6 Å². The number of nitrogens with two attached hydrogens (primary N) is 1. The zero-order valence-corrected chi connectivity index (χ0v) is 51.5. The summed E-state index contributed by atoms with van der Waals surface area (Å²) in [6.07, 6.45) is 6.88. The summed E-state index contributed by atoms with van der Waals surface area (Å²) < 4.78 is 32.1. The number of aliphatic hydroxyl groups excluding tert-OH is 1. The number of ether oxygens (including phenoxy) is 3. The number of fused-ring (bicyclic) bond motifs is 5. The molecule has 13 N–H and O–H groups in total. The zero-order valence-electron chi connectivity index (χ0n) is 50.7. The predicted octanol–water partition coefficient (Wildman–Crippen LogP) is -1.60. The van der Waals surface area contributed by atoms with Crippen LogP contribution in [0.2, 0.25) is 0 Å². The average Bonchev–Trinajstić information content (AvgIpc) is 2.23. The number of aromatic amines is 1. The van der Waals surface area contributed by atoms with Crippen molar-refractivity contribution in [2.75, 3.05) is 65.1 Å². The van der Waals surface area contributed by atoms with Crippen molar-refractivity contribution in [1.29, 1.82) is 0 Å². The van der Waals surface area contributed by atoms with Crippen molar-refractivity contribution in [2.24, 2.45) is 5.73 Å². The highest BCUT2D eigenvalue weighted by atomic mass is 32.2. The first kappa shape index (κ1) is 68.6. The number of rotatable bonds is 23. The molecule has 11 amide bonds. The molecule has 8 rings (SSSR count). The molecule has 4 aromatic rings. The predicted molar refractivity (Wildman–Crippen MR) is 327 cm³/mol. The van der Waals surface area contributed by atoms with Crippen LogP contribution < -0.4 is 53.6 Å². The molecule has 2 bridgehead atoms. The lowest BCUT2D eigenvalue weighted by Gasteiger charge is -2.30. The standard InChI is InChI=1S/C60H82FN15O14S/c1-35-54(81)68-43(27-36-15-17-38(61)18-16-36)56(83)67-42(53(62)80)11-6-7-20-75-31-39(73-74-75)29-45(66-51(79)33-90-26-25-89-24-23-88-22-19-63-50(78)14-5-4-13-49-52-47(34-91-49)71-60(87)72-52)57(84)70-46(32-77)59(86)76-21-8-12-48(76)58(85)69-44(55(82)65-35)28-37-30-64-41-10-3-2-9-40(37)41/h2-3,9-10,15-18,30-31,35,42-49,52,64,77H,4-8,11-14,19-29,32-34H2,1H3,(H2,62,80)(H,63,78)(H,65,82)(H,66,79)(H,67,83)(H,68,81)(H,69,85)(H,70,84)(H2,71,72,87)/t35-,42+,43+,44-,45+,46-,47+,48-,49?,52+/m1/s1. The Labute approximate surface area is 528 Å². The molecule has 2 aromatic heterocycles. The van der Waals surface area contributed by atoms with Crippen LogP contribution in [0.1, 0.15) is 81.5 Å². The Hall–Kier alpha value is -8.26. The second kappa shape index (κ2) is 34.2. The molecule has 0 aliphatic carbocycles. The number of thioether (sulfide) groups is 1. The van der Waals surface area contributed by atoms with Gasteiger partial charge in [-0.25, -0.2) is 9.18 Å². The molecule has 4 aliphatic rings. The molecule has 2 aromatic carbocycles. The molecule has 29 nitrogen and oxygen atoms in total. The summed E-state index contributed by atoms with van der Waals surface area (Å²) in [6.45, 7) is 1.35. The molecule has 0 radical (unpaired) electrons. The van der Waals surface area contributed by atoms with Gasteiger partial charge >= 0.3 is 6.03 Å². The van der Waals surface area contributed by atoms with Crippen LogP contribution in [0.15, 0.2) is 60.9 Å². The Balaban J connectivity index is 0.882. The number of para-hydroxylation sites is 1. The van der Waals surface area contributed by atoms with E-state index in [9.17, 15) is 57.4 Å². The van der Waals surface area contributed by atoms with Gasteiger partial charge in [-0.05, 0) is 81.2 Å². The number of aryl methyl sites for hydroxylation is 1. The lowest BCUT2D eigenvalue weighted by Crippen LogP contribution is -2.60. The highest BCUT2D eigenvalue weighted by Crippen LogP contribution is 2.33. The van der Waals surface area contributed by atoms with Crippen molar-refractivity contribution in [3.8, 4) is 0 Å². The summed E-state index contributed by atoms with van der Waals surface area (Å²) in [7, 11) is 0. The maximum atomic E-state index is 14.4. The van der Waals surface area contributed by atoms with Crippen molar-refractivity contribution >= 4 is 81.9 Å². The van der Waals surface area contributed by atoms with E-state index in [4.69, 9.17) is 19.9 Å². The molecule has 91 heavy (non-hydrogen) atoms. The molecule has 4 aliphatic heterocycles. The van der Waals surface area contributed by atoms with E-state index in [1.165, 1.54) is 47.0 Å². The molecule has 31 heteroatoms. The number of nitrogens with zero attached hydrogens (tertiary/aromatic N) is 4. The summed E-state index contributed by atoms with van der Waals surface area (Å²) in [5.41, 5.74) is 7.84. The van der Waals surface area contributed by atoms with E-state index in [0.29, 0.717) is 48.6 Å². The van der Waals surface area contributed by atoms with E-state index in [1.807, 2.05) is 30.0 Å². The van der Waals surface area contributed by atoms with Crippen molar-refractivity contribution in [3.05, 3.63) is 83.6 Å². The normalized spacial score (nSPS) is 24.8. The first-order valence-corrected chi connectivity index (χ1v) is 31.9. The Bertz CT molecular complexity index is 3170. The average molecular weight is 1290 g/mol. The van der Waals surface area contributed by atoms with Crippen LogP contribution in [0, 0.1) is 5.82 Å². The van der Waals surface area contributed by atoms with Crippen molar-refractivity contribution in [1.82, 2.24) is 72.7 Å². The van der Waals surface area contributed by atoms with Gasteiger partial charge in [-0.2, -0.15) is 11.8 Å². The van der Waals surface area contributed by atoms with Gasteiger partial charge in [0.2, 0.25) is 53.2 Å². The van der Waals surface area contributed by atoms with E-state index >= 15 is 0 Å². The first-order chi connectivity index (χ1) is 43.9. The first-order valence-electron chi connectivity index (χ1n) is 30.8. The topological polar surface area (TPSA) is 403 Å².